The van der Waals surface area contributed by atoms with Crippen molar-refractivity contribution in [2.24, 2.45) is 0 Å². The van der Waals surface area contributed by atoms with E-state index in [4.69, 9.17) is 9.47 Å². The van der Waals surface area contributed by atoms with E-state index in [-0.39, 0.29) is 12.5 Å². The molecule has 0 unspecified atom stereocenters. The molecule has 6 heteroatoms. The molecule has 5 nitrogen and oxygen atoms in total. The van der Waals surface area contributed by atoms with Crippen molar-refractivity contribution >= 4 is 32.6 Å². The molecule has 0 saturated heterocycles. The molecule has 0 spiro atoms. The van der Waals surface area contributed by atoms with E-state index < -0.39 is 0 Å². The van der Waals surface area contributed by atoms with Crippen molar-refractivity contribution in [2.75, 3.05) is 19.0 Å². The van der Waals surface area contributed by atoms with Gasteiger partial charge in [0.2, 0.25) is 0 Å². The van der Waals surface area contributed by atoms with Crippen molar-refractivity contribution < 1.29 is 14.3 Å². The molecule has 1 amide bonds. The van der Waals surface area contributed by atoms with E-state index in [2.05, 4.69) is 10.3 Å². The molecule has 0 aliphatic rings. The fraction of sp³-hybridized carbons (Fsp3) is 0.222. The van der Waals surface area contributed by atoms with Crippen LogP contribution in [0, 0.1) is 13.8 Å². The summed E-state index contributed by atoms with van der Waals surface area (Å²) in [6, 6.07) is 11.5. The Kier molecular flexibility index (Phi) is 4.66. The Bertz CT molecular complexity index is 889. The fourth-order valence-electron chi connectivity index (χ4n) is 2.35. The first-order chi connectivity index (χ1) is 11.5. The number of anilines is 1. The number of thiazole rings is 1. The zero-order valence-corrected chi connectivity index (χ0v) is 14.6. The standard InChI is InChI=1S/C18H18N2O3S/c1-11-4-7-15(12(2)8-11)23-10-17(21)20-18-19-14-6-5-13(22-3)9-16(14)24-18/h4-9H,10H2,1-3H3,(H,19,20,21). The van der Waals surface area contributed by atoms with Crippen LogP contribution in [0.2, 0.25) is 0 Å². The van der Waals surface area contributed by atoms with Gasteiger partial charge >= 0.3 is 0 Å². The SMILES string of the molecule is COc1ccc2nc(NC(=O)COc3ccc(C)cc3C)sc2c1. The average molecular weight is 342 g/mol. The van der Waals surface area contributed by atoms with Gasteiger partial charge in [-0.15, -0.1) is 0 Å². The minimum atomic E-state index is -0.235. The third-order valence-corrected chi connectivity index (χ3v) is 4.46. The molecule has 1 heterocycles. The van der Waals surface area contributed by atoms with Gasteiger partial charge in [-0.2, -0.15) is 0 Å². The molecule has 3 aromatic rings. The number of hydrogen-bond donors (Lipinski definition) is 1. The molecule has 1 aromatic heterocycles. The number of nitrogens with zero attached hydrogens (tertiary/aromatic N) is 1. The molecule has 3 rings (SSSR count). The first-order valence-electron chi connectivity index (χ1n) is 7.49. The zero-order valence-electron chi connectivity index (χ0n) is 13.8. The molecule has 24 heavy (non-hydrogen) atoms. The number of benzene rings is 2. The van der Waals surface area contributed by atoms with Crippen molar-refractivity contribution in [2.45, 2.75) is 13.8 Å². The smallest absolute Gasteiger partial charge is 0.264 e. The summed E-state index contributed by atoms with van der Waals surface area (Å²) < 4.78 is 11.7. The Morgan fingerprint density at radius 3 is 2.79 bits per heavy atom. The van der Waals surface area contributed by atoms with Crippen LogP contribution in [0.15, 0.2) is 36.4 Å². The van der Waals surface area contributed by atoms with Gasteiger partial charge in [0, 0.05) is 0 Å². The van der Waals surface area contributed by atoms with E-state index in [1.807, 2.05) is 50.2 Å². The van der Waals surface area contributed by atoms with Crippen molar-refractivity contribution in [3.63, 3.8) is 0 Å². The van der Waals surface area contributed by atoms with Gasteiger partial charge in [-0.3, -0.25) is 10.1 Å². The van der Waals surface area contributed by atoms with E-state index in [9.17, 15) is 4.79 Å². The van der Waals surface area contributed by atoms with Crippen molar-refractivity contribution in [3.8, 4) is 11.5 Å². The van der Waals surface area contributed by atoms with Gasteiger partial charge in [0.1, 0.15) is 11.5 Å². The van der Waals surface area contributed by atoms with Crippen LogP contribution in [-0.2, 0) is 4.79 Å². The lowest BCUT2D eigenvalue weighted by molar-refractivity contribution is -0.118. The first-order valence-corrected chi connectivity index (χ1v) is 8.31. The zero-order chi connectivity index (χ0) is 17.1. The Morgan fingerprint density at radius 2 is 2.04 bits per heavy atom. The summed E-state index contributed by atoms with van der Waals surface area (Å²) in [5.74, 6) is 1.24. The largest absolute Gasteiger partial charge is 0.497 e. The molecule has 0 aliphatic carbocycles. The van der Waals surface area contributed by atoms with Crippen molar-refractivity contribution in [3.05, 3.63) is 47.5 Å². The number of rotatable bonds is 5. The van der Waals surface area contributed by atoms with Gasteiger partial charge in [-0.25, -0.2) is 4.98 Å². The van der Waals surface area contributed by atoms with Gasteiger partial charge in [-0.1, -0.05) is 29.0 Å². The van der Waals surface area contributed by atoms with Crippen LogP contribution in [0.1, 0.15) is 11.1 Å². The number of aromatic nitrogens is 1. The van der Waals surface area contributed by atoms with Crippen LogP contribution in [0.3, 0.4) is 0 Å². The summed E-state index contributed by atoms with van der Waals surface area (Å²) in [6.45, 7) is 3.93. The van der Waals surface area contributed by atoms with Gasteiger partial charge in [0.05, 0.1) is 17.3 Å². The summed E-state index contributed by atoms with van der Waals surface area (Å²) in [5.41, 5.74) is 3.00. The summed E-state index contributed by atoms with van der Waals surface area (Å²) in [6.07, 6.45) is 0. The first kappa shape index (κ1) is 16.3. The topological polar surface area (TPSA) is 60.5 Å². The second-order valence-electron chi connectivity index (χ2n) is 5.46. The van der Waals surface area contributed by atoms with E-state index in [1.165, 1.54) is 11.3 Å². The molecule has 0 radical (unpaired) electrons. The molecular formula is C18H18N2O3S. The highest BCUT2D eigenvalue weighted by Crippen LogP contribution is 2.29. The number of hydrogen-bond acceptors (Lipinski definition) is 5. The monoisotopic (exact) mass is 342 g/mol. The Morgan fingerprint density at radius 1 is 1.21 bits per heavy atom. The lowest BCUT2D eigenvalue weighted by atomic mass is 10.1. The summed E-state index contributed by atoms with van der Waals surface area (Å²) in [7, 11) is 1.62. The maximum Gasteiger partial charge on any atom is 0.264 e. The number of amides is 1. The molecule has 0 aliphatic heterocycles. The molecule has 124 valence electrons. The van der Waals surface area contributed by atoms with E-state index in [1.54, 1.807) is 7.11 Å². The normalized spacial score (nSPS) is 10.6. The predicted octanol–water partition coefficient (Wildman–Crippen LogP) is 3.94. The summed E-state index contributed by atoms with van der Waals surface area (Å²) >= 11 is 1.40. The summed E-state index contributed by atoms with van der Waals surface area (Å²) in [5, 5.41) is 3.32. The number of methoxy groups -OCH3 is 1. The van der Waals surface area contributed by atoms with Gasteiger partial charge in [0.15, 0.2) is 11.7 Å². The highest BCUT2D eigenvalue weighted by Gasteiger charge is 2.10. The number of carbonyl (C=O) groups is 1. The highest BCUT2D eigenvalue weighted by atomic mass is 32.1. The number of aryl methyl sites for hydroxylation is 2. The van der Waals surface area contributed by atoms with Crippen LogP contribution in [0.5, 0.6) is 11.5 Å². The maximum absolute atomic E-state index is 12.1. The average Bonchev–Trinajstić information content (AvgIpc) is 2.95. The number of nitrogens with one attached hydrogen (secondary N) is 1. The van der Waals surface area contributed by atoms with Crippen LogP contribution < -0.4 is 14.8 Å². The van der Waals surface area contributed by atoms with Crippen LogP contribution in [-0.4, -0.2) is 24.6 Å². The molecule has 0 bridgehead atoms. The fourth-order valence-corrected chi connectivity index (χ4v) is 3.26. The lowest BCUT2D eigenvalue weighted by Crippen LogP contribution is -2.20. The number of fused-ring (bicyclic) bond motifs is 1. The predicted molar refractivity (Wildman–Crippen MR) is 96.2 cm³/mol. The lowest BCUT2D eigenvalue weighted by Gasteiger charge is -2.09. The van der Waals surface area contributed by atoms with E-state index in [0.29, 0.717) is 10.9 Å². The molecule has 0 saturated carbocycles. The molecular weight excluding hydrogens is 324 g/mol. The Labute approximate surface area is 144 Å². The minimum Gasteiger partial charge on any atom is -0.497 e. The second kappa shape index (κ2) is 6.88. The maximum atomic E-state index is 12.1. The second-order valence-corrected chi connectivity index (χ2v) is 6.49. The number of ether oxygens (including phenoxy) is 2. The van der Waals surface area contributed by atoms with Crippen molar-refractivity contribution in [1.29, 1.82) is 0 Å². The number of carbonyl (C=O) groups excluding carboxylic acids is 1. The van der Waals surface area contributed by atoms with Crippen LogP contribution in [0.4, 0.5) is 5.13 Å². The third-order valence-electron chi connectivity index (χ3n) is 3.53. The van der Waals surface area contributed by atoms with Crippen LogP contribution >= 0.6 is 11.3 Å². The van der Waals surface area contributed by atoms with Gasteiger partial charge < -0.3 is 9.47 Å². The van der Waals surface area contributed by atoms with Gasteiger partial charge in [-0.05, 0) is 43.7 Å². The summed E-state index contributed by atoms with van der Waals surface area (Å²) in [4.78, 5) is 16.5. The van der Waals surface area contributed by atoms with Crippen molar-refractivity contribution in [1.82, 2.24) is 4.98 Å². The minimum absolute atomic E-state index is 0.0524. The van der Waals surface area contributed by atoms with E-state index in [0.717, 1.165) is 27.1 Å². The Hall–Kier alpha value is -2.60. The molecule has 2 aromatic carbocycles. The molecule has 1 N–H and O–H groups in total. The Balaban J connectivity index is 1.64. The molecule has 0 fully saturated rings. The third kappa shape index (κ3) is 3.65. The van der Waals surface area contributed by atoms with E-state index >= 15 is 0 Å². The quantitative estimate of drug-likeness (QED) is 0.763. The van der Waals surface area contributed by atoms with Crippen LogP contribution in [0.25, 0.3) is 10.2 Å². The van der Waals surface area contributed by atoms with Gasteiger partial charge in [0.25, 0.3) is 5.91 Å². The molecule has 0 atom stereocenters. The highest BCUT2D eigenvalue weighted by molar-refractivity contribution is 7.22.